The van der Waals surface area contributed by atoms with Gasteiger partial charge in [-0.05, 0) is 52.7 Å². The van der Waals surface area contributed by atoms with Crippen LogP contribution in [0.4, 0.5) is 0 Å². The van der Waals surface area contributed by atoms with Crippen molar-refractivity contribution in [3.05, 3.63) is 57.2 Å². The van der Waals surface area contributed by atoms with Gasteiger partial charge in [0.25, 0.3) is 0 Å². The summed E-state index contributed by atoms with van der Waals surface area (Å²) in [5.74, 6) is 1.48. The molecule has 2 heterocycles. The highest BCUT2D eigenvalue weighted by molar-refractivity contribution is 9.10. The fourth-order valence-electron chi connectivity index (χ4n) is 1.87. The fraction of sp³-hybridized carbons (Fsp3) is 0.0667. The van der Waals surface area contributed by atoms with E-state index in [-0.39, 0.29) is 0 Å². The Balaban J connectivity index is 2.04. The van der Waals surface area contributed by atoms with Crippen LogP contribution in [0.5, 0.6) is 11.5 Å². The first kappa shape index (κ1) is 13.5. The quantitative estimate of drug-likeness (QED) is 0.595. The highest BCUT2D eigenvalue weighted by atomic mass is 79.9. The standard InChI is InChI=1S/C15H10Br2N2O/c1-9-6-11(2-3-12(9)17)20-14-4-5-18-13-7-10(16)8-19-15(13)14/h2-8H,1H3. The first-order valence-corrected chi connectivity index (χ1v) is 7.56. The van der Waals surface area contributed by atoms with Crippen LogP contribution in [0.1, 0.15) is 5.56 Å². The molecular formula is C15H10Br2N2O. The summed E-state index contributed by atoms with van der Waals surface area (Å²) in [4.78, 5) is 8.67. The average Bonchev–Trinajstić information content (AvgIpc) is 2.43. The molecule has 0 aliphatic carbocycles. The van der Waals surface area contributed by atoms with Crippen LogP contribution in [-0.2, 0) is 0 Å². The highest BCUT2D eigenvalue weighted by Gasteiger charge is 2.07. The number of ether oxygens (including phenoxy) is 1. The lowest BCUT2D eigenvalue weighted by molar-refractivity contribution is 0.486. The zero-order chi connectivity index (χ0) is 14.1. The number of aryl methyl sites for hydroxylation is 1. The smallest absolute Gasteiger partial charge is 0.156 e. The van der Waals surface area contributed by atoms with Gasteiger partial charge in [-0.15, -0.1) is 0 Å². The normalized spacial score (nSPS) is 10.8. The molecule has 0 spiro atoms. The maximum Gasteiger partial charge on any atom is 0.156 e. The summed E-state index contributed by atoms with van der Waals surface area (Å²) in [7, 11) is 0. The van der Waals surface area contributed by atoms with Crippen LogP contribution >= 0.6 is 31.9 Å². The summed E-state index contributed by atoms with van der Waals surface area (Å²) in [5.41, 5.74) is 2.67. The van der Waals surface area contributed by atoms with Gasteiger partial charge in [-0.3, -0.25) is 4.98 Å². The van der Waals surface area contributed by atoms with Crippen LogP contribution in [0.2, 0.25) is 0 Å². The Kier molecular flexibility index (Phi) is 3.72. The largest absolute Gasteiger partial charge is 0.455 e. The predicted molar refractivity (Wildman–Crippen MR) is 86.2 cm³/mol. The molecule has 100 valence electrons. The third-order valence-corrected chi connectivity index (χ3v) is 4.19. The highest BCUT2D eigenvalue weighted by Crippen LogP contribution is 2.30. The lowest BCUT2D eigenvalue weighted by Crippen LogP contribution is -1.90. The van der Waals surface area contributed by atoms with Gasteiger partial charge in [0.05, 0.1) is 5.52 Å². The van der Waals surface area contributed by atoms with Crippen LogP contribution in [0, 0.1) is 6.92 Å². The molecule has 0 saturated carbocycles. The molecule has 3 aromatic rings. The van der Waals surface area contributed by atoms with E-state index in [0.29, 0.717) is 5.75 Å². The van der Waals surface area contributed by atoms with Crippen molar-refractivity contribution in [2.75, 3.05) is 0 Å². The van der Waals surface area contributed by atoms with Crippen molar-refractivity contribution in [3.8, 4) is 11.5 Å². The Hall–Kier alpha value is -1.46. The summed E-state index contributed by atoms with van der Waals surface area (Å²) in [6.45, 7) is 2.02. The minimum absolute atomic E-state index is 0.698. The van der Waals surface area contributed by atoms with Crippen molar-refractivity contribution in [2.24, 2.45) is 0 Å². The second-order valence-corrected chi connectivity index (χ2v) is 6.11. The maximum absolute atomic E-state index is 5.93. The van der Waals surface area contributed by atoms with Crippen LogP contribution in [0.3, 0.4) is 0 Å². The van der Waals surface area contributed by atoms with Gasteiger partial charge in [0.1, 0.15) is 11.3 Å². The van der Waals surface area contributed by atoms with Gasteiger partial charge in [0.2, 0.25) is 0 Å². The van der Waals surface area contributed by atoms with E-state index in [2.05, 4.69) is 41.8 Å². The van der Waals surface area contributed by atoms with E-state index in [4.69, 9.17) is 4.74 Å². The van der Waals surface area contributed by atoms with Gasteiger partial charge in [-0.2, -0.15) is 0 Å². The second-order valence-electron chi connectivity index (χ2n) is 4.34. The number of pyridine rings is 2. The first-order chi connectivity index (χ1) is 9.63. The van der Waals surface area contributed by atoms with Crippen LogP contribution < -0.4 is 4.74 Å². The van der Waals surface area contributed by atoms with Crippen molar-refractivity contribution in [3.63, 3.8) is 0 Å². The maximum atomic E-state index is 5.93. The molecule has 0 aliphatic heterocycles. The molecule has 0 amide bonds. The summed E-state index contributed by atoms with van der Waals surface area (Å²) in [6, 6.07) is 9.61. The molecule has 0 radical (unpaired) electrons. The van der Waals surface area contributed by atoms with E-state index in [9.17, 15) is 0 Å². The fourth-order valence-corrected chi connectivity index (χ4v) is 2.44. The lowest BCUT2D eigenvalue weighted by Gasteiger charge is -2.09. The molecule has 0 N–H and O–H groups in total. The number of aromatic nitrogens is 2. The minimum atomic E-state index is 0.698. The van der Waals surface area contributed by atoms with Crippen molar-refractivity contribution in [2.45, 2.75) is 6.92 Å². The molecule has 3 rings (SSSR count). The van der Waals surface area contributed by atoms with Gasteiger partial charge in [-0.25, -0.2) is 4.98 Å². The Morgan fingerprint density at radius 1 is 1.05 bits per heavy atom. The van der Waals surface area contributed by atoms with Gasteiger partial charge in [0.15, 0.2) is 5.75 Å². The molecular weight excluding hydrogens is 384 g/mol. The molecule has 0 aliphatic rings. The Labute approximate surface area is 133 Å². The molecule has 0 atom stereocenters. The van der Waals surface area contributed by atoms with E-state index in [1.54, 1.807) is 12.4 Å². The SMILES string of the molecule is Cc1cc(Oc2ccnc3cc(Br)cnc23)ccc1Br. The van der Waals surface area contributed by atoms with Gasteiger partial charge in [-0.1, -0.05) is 15.9 Å². The number of nitrogens with zero attached hydrogens (tertiary/aromatic N) is 2. The Morgan fingerprint density at radius 2 is 1.90 bits per heavy atom. The van der Waals surface area contributed by atoms with E-state index in [1.165, 1.54) is 0 Å². The Bertz CT molecular complexity index is 790. The number of rotatable bonds is 2. The minimum Gasteiger partial charge on any atom is -0.455 e. The molecule has 2 aromatic heterocycles. The monoisotopic (exact) mass is 392 g/mol. The first-order valence-electron chi connectivity index (χ1n) is 5.98. The number of hydrogen-bond acceptors (Lipinski definition) is 3. The topological polar surface area (TPSA) is 35.0 Å². The molecule has 0 saturated heterocycles. The summed E-state index contributed by atoms with van der Waals surface area (Å²) in [5, 5.41) is 0. The molecule has 20 heavy (non-hydrogen) atoms. The van der Waals surface area contributed by atoms with Crippen LogP contribution in [0.15, 0.2) is 51.7 Å². The van der Waals surface area contributed by atoms with Gasteiger partial charge >= 0.3 is 0 Å². The zero-order valence-corrected chi connectivity index (χ0v) is 13.8. The molecule has 1 aromatic carbocycles. The lowest BCUT2D eigenvalue weighted by atomic mass is 10.2. The van der Waals surface area contributed by atoms with Crippen molar-refractivity contribution >= 4 is 42.9 Å². The predicted octanol–water partition coefficient (Wildman–Crippen LogP) is 5.26. The number of hydrogen-bond donors (Lipinski definition) is 0. The van der Waals surface area contributed by atoms with Gasteiger partial charge < -0.3 is 4.74 Å². The van der Waals surface area contributed by atoms with Crippen molar-refractivity contribution in [1.29, 1.82) is 0 Å². The van der Waals surface area contributed by atoms with Crippen LogP contribution in [0.25, 0.3) is 11.0 Å². The average molecular weight is 394 g/mol. The zero-order valence-electron chi connectivity index (χ0n) is 10.6. The Morgan fingerprint density at radius 3 is 2.70 bits per heavy atom. The number of benzene rings is 1. The number of halogens is 2. The van der Waals surface area contributed by atoms with E-state index < -0.39 is 0 Å². The number of fused-ring (bicyclic) bond motifs is 1. The molecule has 0 bridgehead atoms. The molecule has 3 nitrogen and oxygen atoms in total. The summed E-state index contributed by atoms with van der Waals surface area (Å²) >= 11 is 6.87. The third-order valence-electron chi connectivity index (χ3n) is 2.86. The third kappa shape index (κ3) is 2.69. The molecule has 5 heteroatoms. The van der Waals surface area contributed by atoms with Gasteiger partial charge in [0, 0.05) is 27.4 Å². The van der Waals surface area contributed by atoms with E-state index >= 15 is 0 Å². The molecule has 0 unspecified atom stereocenters. The van der Waals surface area contributed by atoms with E-state index in [0.717, 1.165) is 31.3 Å². The molecule has 0 fully saturated rings. The summed E-state index contributed by atoms with van der Waals surface area (Å²) < 4.78 is 7.89. The van der Waals surface area contributed by atoms with Crippen molar-refractivity contribution in [1.82, 2.24) is 9.97 Å². The van der Waals surface area contributed by atoms with Crippen LogP contribution in [-0.4, -0.2) is 9.97 Å². The van der Waals surface area contributed by atoms with E-state index in [1.807, 2.05) is 37.3 Å². The van der Waals surface area contributed by atoms with Crippen molar-refractivity contribution < 1.29 is 4.74 Å². The summed E-state index contributed by atoms with van der Waals surface area (Å²) in [6.07, 6.45) is 3.46. The second kappa shape index (κ2) is 5.50.